The maximum Gasteiger partial charge on any atom is 0.295 e. The highest BCUT2D eigenvalue weighted by Crippen LogP contribution is 2.38. The maximum absolute atomic E-state index is 12.8. The predicted molar refractivity (Wildman–Crippen MR) is 104 cm³/mol. The normalized spacial score (nSPS) is 18.9. The highest BCUT2D eigenvalue weighted by atomic mass is 16.3. The lowest BCUT2D eigenvalue weighted by Gasteiger charge is -2.24. The SMILES string of the molecule is CCCCN1C(=O)C(=O)/C(=C(\O)c2ccc(CC)cc2)C1c1ccccn1. The van der Waals surface area contributed by atoms with Gasteiger partial charge < -0.3 is 10.0 Å². The summed E-state index contributed by atoms with van der Waals surface area (Å²) in [6.45, 7) is 4.53. The van der Waals surface area contributed by atoms with Crippen LogP contribution in [0.25, 0.3) is 5.76 Å². The number of likely N-dealkylation sites (tertiary alicyclic amines) is 1. The lowest BCUT2D eigenvalue weighted by molar-refractivity contribution is -0.140. The molecule has 0 radical (unpaired) electrons. The summed E-state index contributed by atoms with van der Waals surface area (Å²) in [5.41, 5.74) is 2.36. The number of rotatable bonds is 6. The van der Waals surface area contributed by atoms with E-state index in [2.05, 4.69) is 11.9 Å². The van der Waals surface area contributed by atoms with Gasteiger partial charge in [0.1, 0.15) is 11.8 Å². The lowest BCUT2D eigenvalue weighted by atomic mass is 9.97. The zero-order valence-electron chi connectivity index (χ0n) is 15.7. The van der Waals surface area contributed by atoms with Crippen LogP contribution in [-0.2, 0) is 16.0 Å². The van der Waals surface area contributed by atoms with Crippen LogP contribution in [0.4, 0.5) is 0 Å². The fourth-order valence-corrected chi connectivity index (χ4v) is 3.34. The second-order valence-corrected chi connectivity index (χ2v) is 6.65. The topological polar surface area (TPSA) is 70.5 Å². The Balaban J connectivity index is 2.11. The van der Waals surface area contributed by atoms with Crippen LogP contribution in [0.2, 0.25) is 0 Å². The summed E-state index contributed by atoms with van der Waals surface area (Å²) >= 11 is 0. The summed E-state index contributed by atoms with van der Waals surface area (Å²) in [4.78, 5) is 31.3. The summed E-state index contributed by atoms with van der Waals surface area (Å²) in [6, 6.07) is 12.1. The van der Waals surface area contributed by atoms with Gasteiger partial charge in [0.05, 0.1) is 11.3 Å². The Morgan fingerprint density at radius 2 is 1.85 bits per heavy atom. The fourth-order valence-electron chi connectivity index (χ4n) is 3.34. The van der Waals surface area contributed by atoms with E-state index in [-0.39, 0.29) is 11.3 Å². The minimum absolute atomic E-state index is 0.110. The first-order valence-corrected chi connectivity index (χ1v) is 9.37. The van der Waals surface area contributed by atoms with Crippen molar-refractivity contribution in [1.82, 2.24) is 9.88 Å². The maximum atomic E-state index is 12.8. The lowest BCUT2D eigenvalue weighted by Crippen LogP contribution is -2.31. The van der Waals surface area contributed by atoms with Crippen LogP contribution in [-0.4, -0.2) is 33.2 Å². The largest absolute Gasteiger partial charge is 0.507 e. The third-order valence-corrected chi connectivity index (χ3v) is 4.90. The second-order valence-electron chi connectivity index (χ2n) is 6.65. The number of hydrogen-bond acceptors (Lipinski definition) is 4. The molecule has 1 atom stereocenters. The Morgan fingerprint density at radius 1 is 1.11 bits per heavy atom. The smallest absolute Gasteiger partial charge is 0.295 e. The molecule has 2 aromatic rings. The minimum atomic E-state index is -0.663. The molecule has 0 spiro atoms. The first-order valence-electron chi connectivity index (χ1n) is 9.37. The molecule has 5 heteroatoms. The number of nitrogens with zero attached hydrogens (tertiary/aromatic N) is 2. The standard InChI is InChI=1S/C22H24N2O3/c1-3-5-14-24-19(17-8-6-7-13-23-17)18(21(26)22(24)27)20(25)16-11-9-15(4-2)10-12-16/h6-13,19,25H,3-5,14H2,1-2H3/b20-18-. The van der Waals surface area contributed by atoms with E-state index in [0.717, 1.165) is 24.8 Å². The van der Waals surface area contributed by atoms with Crippen molar-refractivity contribution >= 4 is 17.4 Å². The van der Waals surface area contributed by atoms with E-state index in [1.165, 1.54) is 4.90 Å². The van der Waals surface area contributed by atoms with Crippen LogP contribution in [0.5, 0.6) is 0 Å². The van der Waals surface area contributed by atoms with Crippen molar-refractivity contribution in [2.24, 2.45) is 0 Å². The summed E-state index contributed by atoms with van der Waals surface area (Å²) in [5.74, 6) is -1.38. The molecular formula is C22H24N2O3. The summed E-state index contributed by atoms with van der Waals surface area (Å²) in [6.07, 6.45) is 4.19. The number of benzene rings is 1. The van der Waals surface area contributed by atoms with Gasteiger partial charge in [0.15, 0.2) is 0 Å². The summed E-state index contributed by atoms with van der Waals surface area (Å²) < 4.78 is 0. The van der Waals surface area contributed by atoms with Gasteiger partial charge in [-0.15, -0.1) is 0 Å². The molecule has 1 aliphatic heterocycles. The van der Waals surface area contributed by atoms with Gasteiger partial charge in [0, 0.05) is 18.3 Å². The van der Waals surface area contributed by atoms with Gasteiger partial charge in [-0.1, -0.05) is 50.6 Å². The molecule has 2 heterocycles. The molecular weight excluding hydrogens is 340 g/mol. The monoisotopic (exact) mass is 364 g/mol. The van der Waals surface area contributed by atoms with Gasteiger partial charge in [-0.2, -0.15) is 0 Å². The molecule has 0 bridgehead atoms. The number of carbonyl (C=O) groups is 2. The number of amides is 1. The number of carbonyl (C=O) groups excluding carboxylic acids is 2. The number of aliphatic hydroxyl groups excluding tert-OH is 1. The van der Waals surface area contributed by atoms with E-state index in [0.29, 0.717) is 17.8 Å². The molecule has 1 unspecified atom stereocenters. The van der Waals surface area contributed by atoms with Crippen molar-refractivity contribution in [1.29, 1.82) is 0 Å². The van der Waals surface area contributed by atoms with Crippen LogP contribution in [0.15, 0.2) is 54.2 Å². The molecule has 1 amide bonds. The Bertz CT molecular complexity index is 857. The Kier molecular flexibility index (Phi) is 5.69. The van der Waals surface area contributed by atoms with Crippen LogP contribution >= 0.6 is 0 Å². The van der Waals surface area contributed by atoms with Crippen LogP contribution < -0.4 is 0 Å². The van der Waals surface area contributed by atoms with E-state index in [1.807, 2.05) is 25.1 Å². The van der Waals surface area contributed by atoms with E-state index in [4.69, 9.17) is 0 Å². The molecule has 1 N–H and O–H groups in total. The summed E-state index contributed by atoms with van der Waals surface area (Å²) in [5, 5.41) is 10.9. The van der Waals surface area contributed by atoms with Crippen LogP contribution in [0.3, 0.4) is 0 Å². The van der Waals surface area contributed by atoms with E-state index in [9.17, 15) is 14.7 Å². The highest BCUT2D eigenvalue weighted by molar-refractivity contribution is 6.46. The Labute approximate surface area is 159 Å². The van der Waals surface area contributed by atoms with Gasteiger partial charge in [0.2, 0.25) is 0 Å². The summed E-state index contributed by atoms with van der Waals surface area (Å²) in [7, 11) is 0. The van der Waals surface area contributed by atoms with E-state index >= 15 is 0 Å². The third kappa shape index (κ3) is 3.63. The number of Topliss-reactive ketones (excluding diaryl/α,β-unsaturated/α-hetero) is 1. The number of aliphatic hydroxyl groups is 1. The molecule has 1 aromatic carbocycles. The molecule has 0 saturated carbocycles. The number of aryl methyl sites for hydroxylation is 1. The molecule has 5 nitrogen and oxygen atoms in total. The molecule has 27 heavy (non-hydrogen) atoms. The number of hydrogen-bond donors (Lipinski definition) is 1. The van der Waals surface area contributed by atoms with Gasteiger partial charge in [0.25, 0.3) is 11.7 Å². The van der Waals surface area contributed by atoms with Gasteiger partial charge in [-0.25, -0.2) is 0 Å². The number of unbranched alkanes of at least 4 members (excludes halogenated alkanes) is 1. The molecule has 1 aliphatic rings. The quantitative estimate of drug-likeness (QED) is 0.480. The van der Waals surface area contributed by atoms with E-state index in [1.54, 1.807) is 30.5 Å². The fraction of sp³-hybridized carbons (Fsp3) is 0.318. The van der Waals surface area contributed by atoms with Crippen LogP contribution in [0, 0.1) is 0 Å². The van der Waals surface area contributed by atoms with Crippen molar-refractivity contribution in [2.75, 3.05) is 6.54 Å². The third-order valence-electron chi connectivity index (χ3n) is 4.90. The number of aromatic nitrogens is 1. The van der Waals surface area contributed by atoms with Gasteiger partial charge in [-0.05, 0) is 30.5 Å². The van der Waals surface area contributed by atoms with Crippen molar-refractivity contribution in [3.8, 4) is 0 Å². The van der Waals surface area contributed by atoms with Crippen molar-refractivity contribution in [3.05, 3.63) is 71.1 Å². The minimum Gasteiger partial charge on any atom is -0.507 e. The van der Waals surface area contributed by atoms with Crippen molar-refractivity contribution in [3.63, 3.8) is 0 Å². The Morgan fingerprint density at radius 3 is 2.44 bits per heavy atom. The average Bonchev–Trinajstić information content (AvgIpc) is 2.97. The predicted octanol–water partition coefficient (Wildman–Crippen LogP) is 3.87. The second kappa shape index (κ2) is 8.16. The molecule has 140 valence electrons. The molecule has 1 aromatic heterocycles. The molecule has 1 fully saturated rings. The van der Waals surface area contributed by atoms with Crippen molar-refractivity contribution < 1.29 is 14.7 Å². The molecule has 3 rings (SSSR count). The molecule has 0 aliphatic carbocycles. The van der Waals surface area contributed by atoms with E-state index < -0.39 is 17.7 Å². The Hall–Kier alpha value is -2.95. The first-order chi connectivity index (χ1) is 13.1. The first kappa shape index (κ1) is 18.8. The average molecular weight is 364 g/mol. The van der Waals surface area contributed by atoms with Crippen LogP contribution in [0.1, 0.15) is 49.6 Å². The zero-order valence-corrected chi connectivity index (χ0v) is 15.7. The van der Waals surface area contributed by atoms with Crippen molar-refractivity contribution in [2.45, 2.75) is 39.2 Å². The van der Waals surface area contributed by atoms with Gasteiger partial charge in [-0.3, -0.25) is 14.6 Å². The zero-order chi connectivity index (χ0) is 19.4. The molecule has 1 saturated heterocycles. The van der Waals surface area contributed by atoms with Gasteiger partial charge >= 0.3 is 0 Å². The number of ketones is 1. The number of pyridine rings is 1. The highest BCUT2D eigenvalue weighted by Gasteiger charge is 2.46.